The Kier molecular flexibility index (Phi) is 5.53. The van der Waals surface area contributed by atoms with Crippen molar-refractivity contribution in [1.29, 1.82) is 0 Å². The average molecular weight is 290 g/mol. The number of rotatable bonds is 5. The van der Waals surface area contributed by atoms with Gasteiger partial charge in [0.05, 0.1) is 5.54 Å². The lowest BCUT2D eigenvalue weighted by Crippen LogP contribution is -2.29. The van der Waals surface area contributed by atoms with E-state index < -0.39 is 0 Å². The first-order chi connectivity index (χ1) is 9.65. The summed E-state index contributed by atoms with van der Waals surface area (Å²) in [6, 6.07) is 8.80. The summed E-state index contributed by atoms with van der Waals surface area (Å²) in [6.45, 7) is 6.71. The Bertz CT molecular complexity index is 453. The largest absolute Gasteiger partial charge is 0.335 e. The molecule has 0 radical (unpaired) electrons. The van der Waals surface area contributed by atoms with E-state index >= 15 is 0 Å². The Balaban J connectivity index is 1.99. The summed E-state index contributed by atoms with van der Waals surface area (Å²) in [5.41, 5.74) is 2.69. The van der Waals surface area contributed by atoms with Crippen LogP contribution in [-0.2, 0) is 6.42 Å². The Labute approximate surface area is 127 Å². The highest BCUT2D eigenvalue weighted by atomic mass is 32.2. The van der Waals surface area contributed by atoms with Crippen LogP contribution in [-0.4, -0.2) is 16.5 Å². The molecule has 1 aliphatic rings. The molecule has 1 unspecified atom stereocenters. The number of hydrogen-bond acceptors (Lipinski definition) is 3. The first-order valence-electron chi connectivity index (χ1n) is 7.74. The molecule has 1 aromatic rings. The van der Waals surface area contributed by atoms with Gasteiger partial charge in [-0.25, -0.2) is 0 Å². The molecule has 1 N–H and O–H groups in total. The van der Waals surface area contributed by atoms with Gasteiger partial charge >= 0.3 is 0 Å². The van der Waals surface area contributed by atoms with Crippen molar-refractivity contribution >= 4 is 22.6 Å². The molecule has 0 bridgehead atoms. The van der Waals surface area contributed by atoms with Crippen molar-refractivity contribution in [2.75, 3.05) is 11.1 Å². The molecule has 2 rings (SSSR count). The Morgan fingerprint density at radius 1 is 1.25 bits per heavy atom. The molecule has 0 amide bonds. The van der Waals surface area contributed by atoms with E-state index in [9.17, 15) is 0 Å². The zero-order valence-electron chi connectivity index (χ0n) is 12.9. The van der Waals surface area contributed by atoms with E-state index in [0.29, 0.717) is 0 Å². The van der Waals surface area contributed by atoms with E-state index in [-0.39, 0.29) is 5.54 Å². The van der Waals surface area contributed by atoms with E-state index in [1.165, 1.54) is 31.2 Å². The number of thioether (sulfide) groups is 1. The normalized spacial score (nSPS) is 22.4. The summed E-state index contributed by atoms with van der Waals surface area (Å²) in [5.74, 6) is 1.16. The van der Waals surface area contributed by atoms with Crippen LogP contribution in [0.1, 0.15) is 52.0 Å². The van der Waals surface area contributed by atoms with Crippen molar-refractivity contribution in [3.8, 4) is 0 Å². The first kappa shape index (κ1) is 15.4. The molecule has 110 valence electrons. The molecule has 0 fully saturated rings. The standard InChI is InChI=1S/C17H26N2S/c1-4-6-7-14-8-10-15(11-9-14)18-16-19-17(3,5-2)12-13-20-16/h8-11H,4-7,12-13H2,1-3H3,(H,18,19). The van der Waals surface area contributed by atoms with E-state index in [1.54, 1.807) is 0 Å². The number of benzene rings is 1. The maximum atomic E-state index is 4.87. The predicted octanol–water partition coefficient (Wildman–Crippen LogP) is 5.10. The predicted molar refractivity (Wildman–Crippen MR) is 91.9 cm³/mol. The second kappa shape index (κ2) is 7.16. The molecular formula is C17H26N2S. The van der Waals surface area contributed by atoms with Crippen LogP contribution in [0, 0.1) is 0 Å². The fraction of sp³-hybridized carbons (Fsp3) is 0.588. The number of hydrogen-bond donors (Lipinski definition) is 1. The van der Waals surface area contributed by atoms with Crippen LogP contribution in [0.25, 0.3) is 0 Å². The molecule has 1 atom stereocenters. The van der Waals surface area contributed by atoms with Gasteiger partial charge in [-0.3, -0.25) is 4.99 Å². The molecular weight excluding hydrogens is 264 g/mol. The number of nitrogens with one attached hydrogen (secondary N) is 1. The van der Waals surface area contributed by atoms with Crippen LogP contribution >= 0.6 is 11.8 Å². The fourth-order valence-electron chi connectivity index (χ4n) is 2.28. The van der Waals surface area contributed by atoms with Gasteiger partial charge in [-0.05, 0) is 50.3 Å². The fourth-order valence-corrected chi connectivity index (χ4v) is 3.49. The van der Waals surface area contributed by atoms with Crippen LogP contribution < -0.4 is 5.32 Å². The molecule has 0 saturated heterocycles. The zero-order chi connectivity index (χ0) is 14.4. The van der Waals surface area contributed by atoms with Gasteiger partial charge in [0.2, 0.25) is 0 Å². The van der Waals surface area contributed by atoms with Crippen LogP contribution in [0.15, 0.2) is 29.3 Å². The maximum absolute atomic E-state index is 4.87. The molecule has 0 spiro atoms. The van der Waals surface area contributed by atoms with E-state index in [0.717, 1.165) is 23.0 Å². The number of amidine groups is 1. The third kappa shape index (κ3) is 4.27. The van der Waals surface area contributed by atoms with Crippen LogP contribution in [0.2, 0.25) is 0 Å². The van der Waals surface area contributed by atoms with E-state index in [2.05, 4.69) is 50.4 Å². The third-order valence-corrected chi connectivity index (χ3v) is 4.91. The Morgan fingerprint density at radius 2 is 2.00 bits per heavy atom. The number of aliphatic imine (C=N–C) groups is 1. The third-order valence-electron chi connectivity index (χ3n) is 4.04. The SMILES string of the molecule is CCCCc1ccc(NC2=NC(C)(CC)CCS2)cc1. The molecule has 20 heavy (non-hydrogen) atoms. The van der Waals surface area contributed by atoms with E-state index in [1.807, 2.05) is 11.8 Å². The molecule has 0 aromatic heterocycles. The lowest BCUT2D eigenvalue weighted by molar-refractivity contribution is 0.443. The summed E-state index contributed by atoms with van der Waals surface area (Å²) >= 11 is 1.83. The molecule has 3 heteroatoms. The minimum atomic E-state index is 0.120. The topological polar surface area (TPSA) is 24.4 Å². The van der Waals surface area contributed by atoms with Crippen molar-refractivity contribution in [2.24, 2.45) is 4.99 Å². The minimum Gasteiger partial charge on any atom is -0.335 e. The van der Waals surface area contributed by atoms with Crippen molar-refractivity contribution in [1.82, 2.24) is 0 Å². The highest BCUT2D eigenvalue weighted by molar-refractivity contribution is 8.14. The number of aryl methyl sites for hydroxylation is 1. The van der Waals surface area contributed by atoms with Gasteiger partial charge in [0.1, 0.15) is 0 Å². The minimum absolute atomic E-state index is 0.120. The number of unbranched alkanes of at least 4 members (excludes halogenated alkanes) is 1. The quantitative estimate of drug-likeness (QED) is 0.815. The van der Waals surface area contributed by atoms with Gasteiger partial charge in [0.25, 0.3) is 0 Å². The Hall–Kier alpha value is -0.960. The lowest BCUT2D eigenvalue weighted by Gasteiger charge is -2.29. The summed E-state index contributed by atoms with van der Waals surface area (Å²) < 4.78 is 0. The first-order valence-corrected chi connectivity index (χ1v) is 8.72. The van der Waals surface area contributed by atoms with Crippen LogP contribution in [0.5, 0.6) is 0 Å². The molecule has 0 saturated carbocycles. The van der Waals surface area contributed by atoms with Gasteiger partial charge in [-0.2, -0.15) is 0 Å². The summed E-state index contributed by atoms with van der Waals surface area (Å²) in [6.07, 6.45) is 5.98. The molecule has 0 aliphatic carbocycles. The molecule has 1 aliphatic heterocycles. The molecule has 1 heterocycles. The average Bonchev–Trinajstić information content (AvgIpc) is 2.47. The lowest BCUT2D eigenvalue weighted by atomic mass is 9.97. The monoisotopic (exact) mass is 290 g/mol. The van der Waals surface area contributed by atoms with Crippen molar-refractivity contribution < 1.29 is 0 Å². The van der Waals surface area contributed by atoms with E-state index in [4.69, 9.17) is 4.99 Å². The molecule has 1 aromatic carbocycles. The summed E-state index contributed by atoms with van der Waals surface area (Å²) in [5, 5.41) is 4.54. The number of anilines is 1. The van der Waals surface area contributed by atoms with Gasteiger partial charge in [-0.15, -0.1) is 0 Å². The van der Waals surface area contributed by atoms with Gasteiger partial charge < -0.3 is 5.32 Å². The summed E-state index contributed by atoms with van der Waals surface area (Å²) in [4.78, 5) is 4.87. The second-order valence-electron chi connectivity index (χ2n) is 5.79. The van der Waals surface area contributed by atoms with Crippen molar-refractivity contribution in [2.45, 2.75) is 58.4 Å². The highest BCUT2D eigenvalue weighted by Crippen LogP contribution is 2.29. The van der Waals surface area contributed by atoms with Gasteiger partial charge in [0.15, 0.2) is 5.17 Å². The smallest absolute Gasteiger partial charge is 0.161 e. The highest BCUT2D eigenvalue weighted by Gasteiger charge is 2.25. The Morgan fingerprint density at radius 3 is 2.65 bits per heavy atom. The number of nitrogens with zero attached hydrogens (tertiary/aromatic N) is 1. The van der Waals surface area contributed by atoms with Gasteiger partial charge in [-0.1, -0.05) is 44.2 Å². The van der Waals surface area contributed by atoms with Crippen molar-refractivity contribution in [3.63, 3.8) is 0 Å². The maximum Gasteiger partial charge on any atom is 0.161 e. The zero-order valence-corrected chi connectivity index (χ0v) is 13.7. The van der Waals surface area contributed by atoms with Crippen LogP contribution in [0.3, 0.4) is 0 Å². The van der Waals surface area contributed by atoms with Crippen molar-refractivity contribution in [3.05, 3.63) is 29.8 Å². The van der Waals surface area contributed by atoms with Gasteiger partial charge in [0, 0.05) is 11.4 Å². The molecule has 2 nitrogen and oxygen atoms in total. The summed E-state index contributed by atoms with van der Waals surface area (Å²) in [7, 11) is 0. The second-order valence-corrected chi connectivity index (χ2v) is 6.88. The van der Waals surface area contributed by atoms with Crippen LogP contribution in [0.4, 0.5) is 5.69 Å².